The van der Waals surface area contributed by atoms with Gasteiger partial charge in [0.2, 0.25) is 5.91 Å². The number of aromatic nitrogens is 4. The Morgan fingerprint density at radius 1 is 1.35 bits per heavy atom. The summed E-state index contributed by atoms with van der Waals surface area (Å²) in [6.07, 6.45) is 3.79. The molecule has 0 aliphatic heterocycles. The molecule has 0 saturated carbocycles. The van der Waals surface area contributed by atoms with Gasteiger partial charge in [0.05, 0.1) is 19.8 Å². The fourth-order valence-corrected chi connectivity index (χ4v) is 2.37. The molecule has 1 amide bonds. The SMILES string of the molecule is CCOc1ccc(/C=C/C(=O)NCCc2nnnn2C(C)C)cc1OC. The molecule has 2 aromatic rings. The van der Waals surface area contributed by atoms with Crippen molar-refractivity contribution < 1.29 is 14.3 Å². The van der Waals surface area contributed by atoms with Crippen LogP contribution in [0.25, 0.3) is 6.08 Å². The Hall–Kier alpha value is -2.90. The van der Waals surface area contributed by atoms with Crippen LogP contribution in [0.3, 0.4) is 0 Å². The van der Waals surface area contributed by atoms with Crippen molar-refractivity contribution in [2.75, 3.05) is 20.3 Å². The first-order valence-electron chi connectivity index (χ1n) is 8.58. The van der Waals surface area contributed by atoms with E-state index >= 15 is 0 Å². The third-order valence-corrected chi connectivity index (χ3v) is 3.61. The average molecular weight is 359 g/mol. The Labute approximate surface area is 153 Å². The van der Waals surface area contributed by atoms with Gasteiger partial charge in [-0.25, -0.2) is 4.68 Å². The van der Waals surface area contributed by atoms with Crippen LogP contribution in [-0.4, -0.2) is 46.4 Å². The number of nitrogens with one attached hydrogen (secondary N) is 1. The molecular weight excluding hydrogens is 334 g/mol. The highest BCUT2D eigenvalue weighted by atomic mass is 16.5. The summed E-state index contributed by atoms with van der Waals surface area (Å²) in [6.45, 7) is 6.95. The standard InChI is InChI=1S/C18H25N5O3/c1-5-26-15-8-6-14(12-16(15)25-4)7-9-18(24)19-11-10-17-20-21-22-23(17)13(2)3/h6-9,12-13H,5,10-11H2,1-4H3,(H,19,24)/b9-7+. The van der Waals surface area contributed by atoms with Crippen LogP contribution < -0.4 is 14.8 Å². The first-order chi connectivity index (χ1) is 12.5. The Kier molecular flexibility index (Phi) is 7.13. The Morgan fingerprint density at radius 2 is 2.15 bits per heavy atom. The summed E-state index contributed by atoms with van der Waals surface area (Å²) < 4.78 is 12.5. The van der Waals surface area contributed by atoms with Crippen LogP contribution in [0.15, 0.2) is 24.3 Å². The molecule has 140 valence electrons. The first kappa shape index (κ1) is 19.4. The average Bonchev–Trinajstić information content (AvgIpc) is 3.10. The number of hydrogen-bond acceptors (Lipinski definition) is 6. The second-order valence-corrected chi connectivity index (χ2v) is 5.85. The molecule has 0 bridgehead atoms. The zero-order valence-corrected chi connectivity index (χ0v) is 15.6. The van der Waals surface area contributed by atoms with E-state index in [1.54, 1.807) is 17.9 Å². The molecule has 8 nitrogen and oxygen atoms in total. The quantitative estimate of drug-likeness (QED) is 0.689. The van der Waals surface area contributed by atoms with Crippen molar-refractivity contribution in [3.8, 4) is 11.5 Å². The fourth-order valence-electron chi connectivity index (χ4n) is 2.37. The van der Waals surface area contributed by atoms with Gasteiger partial charge in [-0.2, -0.15) is 0 Å². The van der Waals surface area contributed by atoms with Gasteiger partial charge in [-0.3, -0.25) is 4.79 Å². The van der Waals surface area contributed by atoms with Crippen molar-refractivity contribution in [1.29, 1.82) is 0 Å². The van der Waals surface area contributed by atoms with Crippen LogP contribution in [-0.2, 0) is 11.2 Å². The Bertz CT molecular complexity index is 755. The van der Waals surface area contributed by atoms with Crippen LogP contribution in [0.4, 0.5) is 0 Å². The molecule has 1 aromatic heterocycles. The van der Waals surface area contributed by atoms with E-state index in [-0.39, 0.29) is 11.9 Å². The Morgan fingerprint density at radius 3 is 2.85 bits per heavy atom. The van der Waals surface area contributed by atoms with Crippen molar-refractivity contribution in [2.24, 2.45) is 0 Å². The number of nitrogens with zero attached hydrogens (tertiary/aromatic N) is 4. The molecule has 8 heteroatoms. The molecule has 0 spiro atoms. The zero-order chi connectivity index (χ0) is 18.9. The van der Waals surface area contributed by atoms with Gasteiger partial charge in [0.25, 0.3) is 0 Å². The Balaban J connectivity index is 1.88. The molecule has 0 aliphatic carbocycles. The summed E-state index contributed by atoms with van der Waals surface area (Å²) in [5, 5.41) is 14.4. The number of tetrazole rings is 1. The van der Waals surface area contributed by atoms with Crippen LogP contribution in [0, 0.1) is 0 Å². The summed E-state index contributed by atoms with van der Waals surface area (Å²) in [6, 6.07) is 5.70. The van der Waals surface area contributed by atoms with Crippen LogP contribution >= 0.6 is 0 Å². The summed E-state index contributed by atoms with van der Waals surface area (Å²) >= 11 is 0. The van der Waals surface area contributed by atoms with Gasteiger partial charge < -0.3 is 14.8 Å². The summed E-state index contributed by atoms with van der Waals surface area (Å²) in [5.41, 5.74) is 0.851. The van der Waals surface area contributed by atoms with E-state index in [1.807, 2.05) is 39.0 Å². The molecule has 1 N–H and O–H groups in total. The van der Waals surface area contributed by atoms with Gasteiger partial charge in [0.15, 0.2) is 17.3 Å². The van der Waals surface area contributed by atoms with Crippen molar-refractivity contribution >= 4 is 12.0 Å². The highest BCUT2D eigenvalue weighted by molar-refractivity contribution is 5.91. The van der Waals surface area contributed by atoms with Gasteiger partial charge in [0, 0.05) is 19.0 Å². The second kappa shape index (κ2) is 9.55. The van der Waals surface area contributed by atoms with E-state index in [4.69, 9.17) is 9.47 Å². The van der Waals surface area contributed by atoms with Crippen LogP contribution in [0.2, 0.25) is 0 Å². The molecule has 0 radical (unpaired) electrons. The summed E-state index contributed by atoms with van der Waals surface area (Å²) in [4.78, 5) is 12.0. The topological polar surface area (TPSA) is 91.2 Å². The smallest absolute Gasteiger partial charge is 0.244 e. The van der Waals surface area contributed by atoms with E-state index in [2.05, 4.69) is 20.8 Å². The highest BCUT2D eigenvalue weighted by Gasteiger charge is 2.09. The van der Waals surface area contributed by atoms with Crippen molar-refractivity contribution in [2.45, 2.75) is 33.2 Å². The largest absolute Gasteiger partial charge is 0.493 e. The third-order valence-electron chi connectivity index (χ3n) is 3.61. The summed E-state index contributed by atoms with van der Waals surface area (Å²) in [7, 11) is 1.59. The number of carbonyl (C=O) groups is 1. The maximum absolute atomic E-state index is 12.0. The van der Waals surface area contributed by atoms with Crippen LogP contribution in [0.5, 0.6) is 11.5 Å². The highest BCUT2D eigenvalue weighted by Crippen LogP contribution is 2.28. The maximum Gasteiger partial charge on any atom is 0.244 e. The number of amides is 1. The molecule has 0 unspecified atom stereocenters. The van der Waals surface area contributed by atoms with E-state index < -0.39 is 0 Å². The molecule has 0 atom stereocenters. The van der Waals surface area contributed by atoms with E-state index in [9.17, 15) is 4.79 Å². The predicted molar refractivity (Wildman–Crippen MR) is 98.1 cm³/mol. The van der Waals surface area contributed by atoms with E-state index in [1.165, 1.54) is 6.08 Å². The lowest BCUT2D eigenvalue weighted by Gasteiger charge is -2.09. The van der Waals surface area contributed by atoms with Gasteiger partial charge in [-0.05, 0) is 55.0 Å². The normalized spacial score (nSPS) is 11.1. The van der Waals surface area contributed by atoms with Gasteiger partial charge >= 0.3 is 0 Å². The molecule has 0 aliphatic rings. The molecule has 0 fully saturated rings. The minimum atomic E-state index is -0.179. The third kappa shape index (κ3) is 5.30. The number of hydrogen-bond donors (Lipinski definition) is 1. The first-order valence-corrected chi connectivity index (χ1v) is 8.58. The minimum Gasteiger partial charge on any atom is -0.493 e. The predicted octanol–water partition coefficient (Wildman–Crippen LogP) is 2.03. The molecule has 2 rings (SSSR count). The van der Waals surface area contributed by atoms with E-state index in [0.717, 1.165) is 11.4 Å². The van der Waals surface area contributed by atoms with Crippen molar-refractivity contribution in [3.05, 3.63) is 35.7 Å². The molecule has 26 heavy (non-hydrogen) atoms. The molecule has 1 heterocycles. The minimum absolute atomic E-state index is 0.179. The number of benzene rings is 1. The van der Waals surface area contributed by atoms with Crippen molar-refractivity contribution in [3.63, 3.8) is 0 Å². The lowest BCUT2D eigenvalue weighted by atomic mass is 10.2. The zero-order valence-electron chi connectivity index (χ0n) is 15.6. The van der Waals surface area contributed by atoms with Crippen LogP contribution in [0.1, 0.15) is 38.2 Å². The number of rotatable bonds is 9. The lowest BCUT2D eigenvalue weighted by Crippen LogP contribution is -2.25. The van der Waals surface area contributed by atoms with Gasteiger partial charge in [0.1, 0.15) is 0 Å². The van der Waals surface area contributed by atoms with Gasteiger partial charge in [-0.1, -0.05) is 6.07 Å². The van der Waals surface area contributed by atoms with E-state index in [0.29, 0.717) is 31.1 Å². The second-order valence-electron chi connectivity index (χ2n) is 5.85. The number of carbonyl (C=O) groups excluding carboxylic acids is 1. The molecule has 1 aromatic carbocycles. The fraction of sp³-hybridized carbons (Fsp3) is 0.444. The number of ether oxygens (including phenoxy) is 2. The number of methoxy groups -OCH3 is 1. The monoisotopic (exact) mass is 359 g/mol. The van der Waals surface area contributed by atoms with Gasteiger partial charge in [-0.15, -0.1) is 5.10 Å². The molecule has 0 saturated heterocycles. The molecular formula is C18H25N5O3. The lowest BCUT2D eigenvalue weighted by molar-refractivity contribution is -0.116. The van der Waals surface area contributed by atoms with Crippen molar-refractivity contribution in [1.82, 2.24) is 25.5 Å². The maximum atomic E-state index is 12.0. The summed E-state index contributed by atoms with van der Waals surface area (Å²) in [5.74, 6) is 1.89.